The summed E-state index contributed by atoms with van der Waals surface area (Å²) in [6.45, 7) is 1.65. The van der Waals surface area contributed by atoms with Gasteiger partial charge in [0.2, 0.25) is 0 Å². The number of carboxylic acids is 1. The molecule has 0 unspecified atom stereocenters. The van der Waals surface area contributed by atoms with Crippen molar-refractivity contribution in [1.82, 2.24) is 15.0 Å². The van der Waals surface area contributed by atoms with E-state index in [0.29, 0.717) is 10.9 Å². The molecular weight excluding hydrogens is 218 g/mol. The van der Waals surface area contributed by atoms with Crippen LogP contribution >= 0.6 is 11.6 Å². The van der Waals surface area contributed by atoms with Crippen molar-refractivity contribution in [2.45, 2.75) is 6.92 Å². The molecule has 15 heavy (non-hydrogen) atoms. The van der Waals surface area contributed by atoms with E-state index in [1.165, 1.54) is 6.33 Å². The quantitative estimate of drug-likeness (QED) is 0.745. The van der Waals surface area contributed by atoms with Gasteiger partial charge < -0.3 is 5.11 Å². The van der Waals surface area contributed by atoms with Crippen molar-refractivity contribution in [3.63, 3.8) is 0 Å². The molecule has 0 radical (unpaired) electrons. The number of aromatic nitrogens is 3. The first-order valence-electron chi connectivity index (χ1n) is 4.10. The summed E-state index contributed by atoms with van der Waals surface area (Å²) in [5.41, 5.74) is 0.807. The fraction of sp³-hybridized carbons (Fsp3) is 0.111. The summed E-state index contributed by atoms with van der Waals surface area (Å²) in [7, 11) is 0. The van der Waals surface area contributed by atoms with Gasteiger partial charge in [0.1, 0.15) is 11.5 Å². The van der Waals surface area contributed by atoms with Crippen LogP contribution in [0.15, 0.2) is 12.4 Å². The smallest absolute Gasteiger partial charge is 0.354 e. The van der Waals surface area contributed by atoms with Crippen LogP contribution in [0.5, 0.6) is 0 Å². The number of carbonyl (C=O) groups is 1. The Morgan fingerprint density at radius 2 is 2.20 bits per heavy atom. The number of rotatable bonds is 1. The molecule has 6 heteroatoms. The Balaban J connectivity index is 2.82. The summed E-state index contributed by atoms with van der Waals surface area (Å²) < 4.78 is 0. The lowest BCUT2D eigenvalue weighted by atomic mass is 10.2. The number of hydrogen-bond acceptors (Lipinski definition) is 4. The van der Waals surface area contributed by atoms with Gasteiger partial charge in [-0.2, -0.15) is 0 Å². The number of aromatic carboxylic acids is 1. The molecule has 76 valence electrons. The lowest BCUT2D eigenvalue weighted by Gasteiger charge is -2.02. The van der Waals surface area contributed by atoms with Crippen LogP contribution in [0.25, 0.3) is 11.0 Å². The highest BCUT2D eigenvalue weighted by Gasteiger charge is 2.12. The number of fused-ring (bicyclic) bond motifs is 1. The van der Waals surface area contributed by atoms with Crippen LogP contribution in [-0.2, 0) is 0 Å². The average Bonchev–Trinajstić information content (AvgIpc) is 2.18. The van der Waals surface area contributed by atoms with Crippen LogP contribution in [0, 0.1) is 6.92 Å². The molecule has 2 aromatic heterocycles. The molecular formula is C9H6ClN3O2. The first-order valence-corrected chi connectivity index (χ1v) is 4.48. The third-order valence-corrected chi connectivity index (χ3v) is 2.27. The molecule has 0 atom stereocenters. The second-order valence-corrected chi connectivity index (χ2v) is 3.35. The standard InChI is InChI=1S/C9H6ClN3O2/c1-4-2-5-7(10)11-3-12-8(5)13-6(4)9(14)15/h2-3H,1H3,(H,14,15). The Labute approximate surface area is 89.8 Å². The molecule has 2 rings (SSSR count). The number of aryl methyl sites for hydroxylation is 1. The van der Waals surface area contributed by atoms with Crippen molar-refractivity contribution in [3.8, 4) is 0 Å². The highest BCUT2D eigenvalue weighted by molar-refractivity contribution is 6.33. The van der Waals surface area contributed by atoms with E-state index in [2.05, 4.69) is 15.0 Å². The molecule has 0 aromatic carbocycles. The Morgan fingerprint density at radius 3 is 2.87 bits per heavy atom. The van der Waals surface area contributed by atoms with Crippen LogP contribution in [0.2, 0.25) is 5.15 Å². The minimum atomic E-state index is -1.08. The van der Waals surface area contributed by atoms with E-state index in [1.807, 2.05) is 0 Å². The first-order chi connectivity index (χ1) is 7.09. The van der Waals surface area contributed by atoms with Crippen LogP contribution in [0.3, 0.4) is 0 Å². The number of halogens is 1. The van der Waals surface area contributed by atoms with E-state index in [-0.39, 0.29) is 16.5 Å². The van der Waals surface area contributed by atoms with Crippen molar-refractivity contribution in [3.05, 3.63) is 28.8 Å². The van der Waals surface area contributed by atoms with E-state index in [4.69, 9.17) is 16.7 Å². The van der Waals surface area contributed by atoms with Gasteiger partial charge in [0.05, 0.1) is 5.39 Å². The van der Waals surface area contributed by atoms with Gasteiger partial charge in [-0.05, 0) is 18.6 Å². The fourth-order valence-electron chi connectivity index (χ4n) is 1.27. The summed E-state index contributed by atoms with van der Waals surface area (Å²) in [6, 6.07) is 1.62. The molecule has 0 saturated carbocycles. The SMILES string of the molecule is Cc1cc2c(Cl)ncnc2nc1C(=O)O. The second kappa shape index (κ2) is 3.43. The highest BCUT2D eigenvalue weighted by atomic mass is 35.5. The van der Waals surface area contributed by atoms with Crippen molar-refractivity contribution >= 4 is 28.6 Å². The molecule has 0 aliphatic carbocycles. The summed E-state index contributed by atoms with van der Waals surface area (Å²) >= 11 is 5.82. The average molecular weight is 224 g/mol. The molecule has 0 bridgehead atoms. The van der Waals surface area contributed by atoms with Crippen molar-refractivity contribution in [2.24, 2.45) is 0 Å². The van der Waals surface area contributed by atoms with Crippen LogP contribution in [0.1, 0.15) is 16.1 Å². The van der Waals surface area contributed by atoms with E-state index in [0.717, 1.165) is 0 Å². The third kappa shape index (κ3) is 1.61. The number of hydrogen-bond donors (Lipinski definition) is 1. The predicted octanol–water partition coefficient (Wildman–Crippen LogP) is 1.68. The van der Waals surface area contributed by atoms with Gasteiger partial charge in [-0.25, -0.2) is 19.7 Å². The molecule has 0 fully saturated rings. The summed E-state index contributed by atoms with van der Waals surface area (Å²) in [4.78, 5) is 22.4. The summed E-state index contributed by atoms with van der Waals surface area (Å²) in [5, 5.41) is 9.68. The van der Waals surface area contributed by atoms with E-state index < -0.39 is 5.97 Å². The van der Waals surface area contributed by atoms with E-state index in [1.54, 1.807) is 13.0 Å². The Bertz CT molecular complexity index is 556. The zero-order valence-electron chi connectivity index (χ0n) is 7.73. The Hall–Kier alpha value is -1.75. The van der Waals surface area contributed by atoms with Gasteiger partial charge >= 0.3 is 5.97 Å². The Morgan fingerprint density at radius 1 is 1.47 bits per heavy atom. The molecule has 0 aliphatic rings. The van der Waals surface area contributed by atoms with Crippen LogP contribution < -0.4 is 0 Å². The summed E-state index contributed by atoms with van der Waals surface area (Å²) in [5.74, 6) is -1.08. The van der Waals surface area contributed by atoms with Crippen molar-refractivity contribution < 1.29 is 9.90 Å². The van der Waals surface area contributed by atoms with Crippen molar-refractivity contribution in [1.29, 1.82) is 0 Å². The topological polar surface area (TPSA) is 76.0 Å². The Kier molecular flexibility index (Phi) is 2.24. The third-order valence-electron chi connectivity index (χ3n) is 1.97. The minimum absolute atomic E-state index is 0.0164. The highest BCUT2D eigenvalue weighted by Crippen LogP contribution is 2.20. The zero-order valence-corrected chi connectivity index (χ0v) is 8.49. The van der Waals surface area contributed by atoms with Gasteiger partial charge in [-0.3, -0.25) is 0 Å². The molecule has 5 nitrogen and oxygen atoms in total. The van der Waals surface area contributed by atoms with Crippen LogP contribution in [0.4, 0.5) is 0 Å². The lowest BCUT2D eigenvalue weighted by Crippen LogP contribution is -2.04. The molecule has 2 heterocycles. The first kappa shape index (κ1) is 9.79. The van der Waals surface area contributed by atoms with Gasteiger partial charge in [0.15, 0.2) is 11.3 Å². The molecule has 0 amide bonds. The maximum absolute atomic E-state index is 10.8. The van der Waals surface area contributed by atoms with E-state index >= 15 is 0 Å². The fourth-order valence-corrected chi connectivity index (χ4v) is 1.46. The monoisotopic (exact) mass is 223 g/mol. The maximum atomic E-state index is 10.8. The lowest BCUT2D eigenvalue weighted by molar-refractivity contribution is 0.0690. The predicted molar refractivity (Wildman–Crippen MR) is 54.0 cm³/mol. The molecule has 0 saturated heterocycles. The van der Waals surface area contributed by atoms with Crippen LogP contribution in [-0.4, -0.2) is 26.0 Å². The van der Waals surface area contributed by atoms with Gasteiger partial charge in [0, 0.05) is 0 Å². The van der Waals surface area contributed by atoms with Gasteiger partial charge in [-0.1, -0.05) is 11.6 Å². The second-order valence-electron chi connectivity index (χ2n) is 2.99. The summed E-state index contributed by atoms with van der Waals surface area (Å²) in [6.07, 6.45) is 1.25. The maximum Gasteiger partial charge on any atom is 0.354 e. The zero-order chi connectivity index (χ0) is 11.0. The van der Waals surface area contributed by atoms with Crippen molar-refractivity contribution in [2.75, 3.05) is 0 Å². The number of nitrogens with zero attached hydrogens (tertiary/aromatic N) is 3. The molecule has 0 spiro atoms. The van der Waals surface area contributed by atoms with Gasteiger partial charge in [0.25, 0.3) is 0 Å². The minimum Gasteiger partial charge on any atom is -0.477 e. The molecule has 2 aromatic rings. The normalized spacial score (nSPS) is 10.5. The molecule has 1 N–H and O–H groups in total. The molecule has 0 aliphatic heterocycles. The largest absolute Gasteiger partial charge is 0.477 e. The van der Waals surface area contributed by atoms with E-state index in [9.17, 15) is 4.79 Å². The number of carboxylic acid groups (broad SMARTS) is 1. The number of pyridine rings is 1. The van der Waals surface area contributed by atoms with Gasteiger partial charge in [-0.15, -0.1) is 0 Å².